The SMILES string of the molecule is CC(C)(C)NC(=O)NC1CCN(C(=O)OC(C)(C)C)CC1. The van der Waals surface area contributed by atoms with Gasteiger partial charge in [0.1, 0.15) is 5.60 Å². The Kier molecular flexibility index (Phi) is 5.48. The molecule has 0 saturated carbocycles. The molecule has 1 aliphatic heterocycles. The Morgan fingerprint density at radius 3 is 2.00 bits per heavy atom. The van der Waals surface area contributed by atoms with Crippen molar-refractivity contribution >= 4 is 12.1 Å². The summed E-state index contributed by atoms with van der Waals surface area (Å²) in [6.45, 7) is 12.6. The number of hydrogen-bond donors (Lipinski definition) is 2. The monoisotopic (exact) mass is 299 g/mol. The number of hydrogen-bond acceptors (Lipinski definition) is 3. The molecule has 0 aliphatic carbocycles. The lowest BCUT2D eigenvalue weighted by atomic mass is 10.1. The lowest BCUT2D eigenvalue weighted by molar-refractivity contribution is 0.0201. The van der Waals surface area contributed by atoms with Gasteiger partial charge >= 0.3 is 12.1 Å². The van der Waals surface area contributed by atoms with Crippen LogP contribution in [-0.2, 0) is 4.74 Å². The number of carbonyl (C=O) groups is 2. The quantitative estimate of drug-likeness (QED) is 0.781. The first-order valence-electron chi connectivity index (χ1n) is 7.53. The van der Waals surface area contributed by atoms with Crippen LogP contribution in [0.15, 0.2) is 0 Å². The fourth-order valence-corrected chi connectivity index (χ4v) is 2.09. The summed E-state index contributed by atoms with van der Waals surface area (Å²) < 4.78 is 5.35. The molecule has 1 saturated heterocycles. The Balaban J connectivity index is 2.35. The standard InChI is InChI=1S/C15H29N3O3/c1-14(2,3)17-12(19)16-11-7-9-18(10-8-11)13(20)21-15(4,5)6/h11H,7-10H2,1-6H3,(H2,16,17,19). The van der Waals surface area contributed by atoms with E-state index in [4.69, 9.17) is 4.74 Å². The lowest BCUT2D eigenvalue weighted by Crippen LogP contribution is -2.53. The zero-order chi connectivity index (χ0) is 16.3. The zero-order valence-corrected chi connectivity index (χ0v) is 14.1. The van der Waals surface area contributed by atoms with Crippen LogP contribution in [0, 0.1) is 0 Å². The van der Waals surface area contributed by atoms with Gasteiger partial charge in [-0.15, -0.1) is 0 Å². The summed E-state index contributed by atoms with van der Waals surface area (Å²) in [6, 6.07) is -0.0516. The number of nitrogens with one attached hydrogen (secondary N) is 2. The number of nitrogens with zero attached hydrogens (tertiary/aromatic N) is 1. The third-order valence-corrected chi connectivity index (χ3v) is 2.97. The number of likely N-dealkylation sites (tertiary alicyclic amines) is 1. The summed E-state index contributed by atoms with van der Waals surface area (Å²) in [7, 11) is 0. The number of carbonyl (C=O) groups excluding carboxylic acids is 2. The van der Waals surface area contributed by atoms with Crippen LogP contribution < -0.4 is 10.6 Å². The number of ether oxygens (including phenoxy) is 1. The fraction of sp³-hybridized carbons (Fsp3) is 0.867. The van der Waals surface area contributed by atoms with Crippen LogP contribution in [0.5, 0.6) is 0 Å². The summed E-state index contributed by atoms with van der Waals surface area (Å²) in [5, 5.41) is 5.83. The van der Waals surface area contributed by atoms with Gasteiger partial charge in [-0.3, -0.25) is 0 Å². The van der Waals surface area contributed by atoms with Gasteiger partial charge in [0.2, 0.25) is 0 Å². The molecule has 6 heteroatoms. The molecule has 1 rings (SSSR count). The van der Waals surface area contributed by atoms with E-state index in [9.17, 15) is 9.59 Å². The molecule has 0 bridgehead atoms. The fourth-order valence-electron chi connectivity index (χ4n) is 2.09. The highest BCUT2D eigenvalue weighted by Gasteiger charge is 2.27. The Labute approximate surface area is 127 Å². The van der Waals surface area contributed by atoms with Crippen molar-refractivity contribution in [3.8, 4) is 0 Å². The van der Waals surface area contributed by atoms with Crippen molar-refractivity contribution in [3.63, 3.8) is 0 Å². The summed E-state index contributed by atoms with van der Waals surface area (Å²) >= 11 is 0. The first-order chi connectivity index (χ1) is 9.46. The molecule has 0 aromatic rings. The van der Waals surface area contributed by atoms with E-state index < -0.39 is 5.60 Å². The van der Waals surface area contributed by atoms with Crippen LogP contribution in [0.25, 0.3) is 0 Å². The van der Waals surface area contributed by atoms with E-state index in [-0.39, 0.29) is 23.7 Å². The van der Waals surface area contributed by atoms with E-state index in [1.165, 1.54) is 0 Å². The maximum atomic E-state index is 11.9. The number of piperidine rings is 1. The molecule has 6 nitrogen and oxygen atoms in total. The van der Waals surface area contributed by atoms with Gasteiger partial charge in [0.25, 0.3) is 0 Å². The van der Waals surface area contributed by atoms with Crippen LogP contribution >= 0.6 is 0 Å². The first-order valence-corrected chi connectivity index (χ1v) is 7.53. The molecule has 21 heavy (non-hydrogen) atoms. The zero-order valence-electron chi connectivity index (χ0n) is 14.1. The smallest absolute Gasteiger partial charge is 0.410 e. The van der Waals surface area contributed by atoms with Crippen molar-refractivity contribution < 1.29 is 14.3 Å². The van der Waals surface area contributed by atoms with Gasteiger partial charge in [-0.2, -0.15) is 0 Å². The molecule has 1 fully saturated rings. The van der Waals surface area contributed by atoms with Gasteiger partial charge in [0, 0.05) is 24.7 Å². The van der Waals surface area contributed by atoms with Crippen molar-refractivity contribution in [1.82, 2.24) is 15.5 Å². The maximum absolute atomic E-state index is 11.9. The molecule has 122 valence electrons. The molecule has 0 radical (unpaired) electrons. The molecule has 0 spiro atoms. The predicted octanol–water partition coefficient (Wildman–Crippen LogP) is 2.48. The summed E-state index contributed by atoms with van der Waals surface area (Å²) in [5.74, 6) is 0. The van der Waals surface area contributed by atoms with Crippen LogP contribution in [0.3, 0.4) is 0 Å². The van der Waals surface area contributed by atoms with E-state index >= 15 is 0 Å². The van der Waals surface area contributed by atoms with E-state index in [1.54, 1.807) is 4.90 Å². The average molecular weight is 299 g/mol. The van der Waals surface area contributed by atoms with Gasteiger partial charge in [-0.1, -0.05) is 0 Å². The van der Waals surface area contributed by atoms with Gasteiger partial charge < -0.3 is 20.3 Å². The van der Waals surface area contributed by atoms with Crippen molar-refractivity contribution in [3.05, 3.63) is 0 Å². The van der Waals surface area contributed by atoms with E-state index in [0.717, 1.165) is 12.8 Å². The van der Waals surface area contributed by atoms with Crippen molar-refractivity contribution in [2.45, 2.75) is 71.6 Å². The van der Waals surface area contributed by atoms with Crippen molar-refractivity contribution in [1.29, 1.82) is 0 Å². The predicted molar refractivity (Wildman–Crippen MR) is 82.2 cm³/mol. The normalized spacial score (nSPS) is 17.3. The Morgan fingerprint density at radius 1 is 1.05 bits per heavy atom. The van der Waals surface area contributed by atoms with Crippen molar-refractivity contribution in [2.75, 3.05) is 13.1 Å². The second-order valence-electron chi connectivity index (χ2n) is 7.59. The summed E-state index contributed by atoms with van der Waals surface area (Å²) in [4.78, 5) is 25.4. The topological polar surface area (TPSA) is 70.7 Å². The molecule has 1 aliphatic rings. The van der Waals surface area contributed by atoms with Gasteiger partial charge in [0.15, 0.2) is 0 Å². The largest absolute Gasteiger partial charge is 0.444 e. The number of rotatable bonds is 1. The highest BCUT2D eigenvalue weighted by Crippen LogP contribution is 2.15. The van der Waals surface area contributed by atoms with E-state index in [0.29, 0.717) is 13.1 Å². The van der Waals surface area contributed by atoms with E-state index in [1.807, 2.05) is 41.5 Å². The van der Waals surface area contributed by atoms with Gasteiger partial charge in [-0.05, 0) is 54.4 Å². The average Bonchev–Trinajstić information content (AvgIpc) is 2.24. The van der Waals surface area contributed by atoms with E-state index in [2.05, 4.69) is 10.6 Å². The first kappa shape index (κ1) is 17.6. The third kappa shape index (κ3) is 7.20. The molecule has 3 amide bonds. The lowest BCUT2D eigenvalue weighted by Gasteiger charge is -2.34. The summed E-state index contributed by atoms with van der Waals surface area (Å²) in [5.41, 5.74) is -0.722. The van der Waals surface area contributed by atoms with Gasteiger partial charge in [-0.25, -0.2) is 9.59 Å². The Morgan fingerprint density at radius 2 is 1.57 bits per heavy atom. The molecule has 0 aromatic heterocycles. The molecule has 0 atom stereocenters. The maximum Gasteiger partial charge on any atom is 0.410 e. The Bertz CT molecular complexity index is 375. The summed E-state index contributed by atoms with van der Waals surface area (Å²) in [6.07, 6.45) is 1.22. The van der Waals surface area contributed by atoms with Crippen LogP contribution in [0.4, 0.5) is 9.59 Å². The highest BCUT2D eigenvalue weighted by molar-refractivity contribution is 5.75. The van der Waals surface area contributed by atoms with Crippen LogP contribution in [0.2, 0.25) is 0 Å². The van der Waals surface area contributed by atoms with Crippen molar-refractivity contribution in [2.24, 2.45) is 0 Å². The minimum Gasteiger partial charge on any atom is -0.444 e. The second kappa shape index (κ2) is 6.54. The number of amides is 3. The Hall–Kier alpha value is -1.46. The minimum atomic E-state index is -0.473. The van der Waals surface area contributed by atoms with Gasteiger partial charge in [0.05, 0.1) is 0 Å². The minimum absolute atomic E-state index is 0.103. The third-order valence-electron chi connectivity index (χ3n) is 2.97. The molecular weight excluding hydrogens is 270 g/mol. The molecular formula is C15H29N3O3. The molecule has 0 unspecified atom stereocenters. The molecule has 2 N–H and O–H groups in total. The van der Waals surface area contributed by atoms with Crippen LogP contribution in [-0.4, -0.2) is 47.3 Å². The highest BCUT2D eigenvalue weighted by atomic mass is 16.6. The molecule has 0 aromatic carbocycles. The number of urea groups is 1. The second-order valence-corrected chi connectivity index (χ2v) is 7.59. The molecule has 1 heterocycles. The van der Waals surface area contributed by atoms with Crippen LogP contribution in [0.1, 0.15) is 54.4 Å².